The highest BCUT2D eigenvalue weighted by atomic mass is 79.9. The first kappa shape index (κ1) is 25.5. The van der Waals surface area contributed by atoms with Gasteiger partial charge in [0.05, 0.1) is 11.9 Å². The number of anilines is 2. The zero-order valence-electron chi connectivity index (χ0n) is 18.3. The number of imidazole rings is 1. The minimum atomic E-state index is -3.93. The van der Waals surface area contributed by atoms with E-state index >= 15 is 0 Å². The first-order valence-electron chi connectivity index (χ1n) is 10.2. The largest absolute Gasteiger partial charge is 0.284 e. The molecule has 0 aliphatic carbocycles. The van der Waals surface area contributed by atoms with Crippen LogP contribution >= 0.6 is 50.9 Å². The van der Waals surface area contributed by atoms with Crippen LogP contribution in [0.2, 0.25) is 10.0 Å². The summed E-state index contributed by atoms with van der Waals surface area (Å²) in [6.45, 7) is 1.98. The lowest BCUT2D eigenvalue weighted by Gasteiger charge is -2.26. The Morgan fingerprint density at radius 3 is 2.41 bits per heavy atom. The van der Waals surface area contributed by atoms with E-state index in [1.54, 1.807) is 25.1 Å². The predicted octanol–water partition coefficient (Wildman–Crippen LogP) is 5.23. The van der Waals surface area contributed by atoms with E-state index in [0.29, 0.717) is 21.5 Å². The number of nitrogens with one attached hydrogen (secondary N) is 1. The molecule has 7 nitrogen and oxygen atoms in total. The summed E-state index contributed by atoms with van der Waals surface area (Å²) in [7, 11) is -3.93. The maximum atomic E-state index is 13.9. The number of carbonyl (C=O) groups excluding carboxylic acids is 1. The third-order valence-electron chi connectivity index (χ3n) is 5.51. The van der Waals surface area contributed by atoms with E-state index in [1.807, 2.05) is 30.5 Å². The fourth-order valence-electron chi connectivity index (χ4n) is 3.97. The van der Waals surface area contributed by atoms with Gasteiger partial charge in [-0.25, -0.2) is 23.0 Å². The van der Waals surface area contributed by atoms with Crippen LogP contribution in [0.4, 0.5) is 11.6 Å². The van der Waals surface area contributed by atoms with Gasteiger partial charge in [-0.2, -0.15) is 11.8 Å². The lowest BCUT2D eigenvalue weighted by atomic mass is 9.92. The topological polar surface area (TPSA) is 84.3 Å². The SMILES string of the molecule is CSCCNS(=O)(=O)c1cnc2n1[C@](C)(Cc1ccc(Br)cc1)C(=O)N2c1cc(Cl)cc(Cl)c1. The zero-order valence-corrected chi connectivity index (χ0v) is 23.0. The lowest BCUT2D eigenvalue weighted by Crippen LogP contribution is -2.42. The Bertz CT molecular complexity index is 1330. The normalized spacial score (nSPS) is 17.9. The van der Waals surface area contributed by atoms with Crippen molar-refractivity contribution in [1.82, 2.24) is 14.3 Å². The van der Waals surface area contributed by atoms with Gasteiger partial charge in [0.15, 0.2) is 5.03 Å². The average molecular weight is 604 g/mol. The quantitative estimate of drug-likeness (QED) is 0.356. The number of nitrogens with zero attached hydrogens (tertiary/aromatic N) is 3. The maximum absolute atomic E-state index is 13.9. The van der Waals surface area contributed by atoms with E-state index in [1.165, 1.54) is 27.4 Å². The van der Waals surface area contributed by atoms with Crippen molar-refractivity contribution in [2.75, 3.05) is 23.5 Å². The summed E-state index contributed by atoms with van der Waals surface area (Å²) in [5.74, 6) is 0.466. The second-order valence-electron chi connectivity index (χ2n) is 7.97. The lowest BCUT2D eigenvalue weighted by molar-refractivity contribution is -0.124. The van der Waals surface area contributed by atoms with Crippen LogP contribution in [0.15, 0.2) is 58.2 Å². The molecule has 3 aromatic rings. The number of sulfonamides is 1. The van der Waals surface area contributed by atoms with Gasteiger partial charge in [0.1, 0.15) is 5.54 Å². The number of thioether (sulfide) groups is 1. The van der Waals surface area contributed by atoms with Crippen LogP contribution in [-0.4, -0.2) is 42.4 Å². The molecule has 1 amide bonds. The van der Waals surface area contributed by atoms with Crippen molar-refractivity contribution in [2.24, 2.45) is 0 Å². The average Bonchev–Trinajstić information content (AvgIpc) is 3.28. The number of hydrogen-bond donors (Lipinski definition) is 1. The van der Waals surface area contributed by atoms with Crippen molar-refractivity contribution in [2.45, 2.75) is 23.9 Å². The van der Waals surface area contributed by atoms with Gasteiger partial charge in [0.2, 0.25) is 5.95 Å². The van der Waals surface area contributed by atoms with Crippen LogP contribution in [0.25, 0.3) is 0 Å². The van der Waals surface area contributed by atoms with E-state index in [9.17, 15) is 13.2 Å². The first-order valence-corrected chi connectivity index (χ1v) is 14.6. The van der Waals surface area contributed by atoms with Crippen molar-refractivity contribution >= 4 is 78.5 Å². The molecule has 0 fully saturated rings. The first-order chi connectivity index (χ1) is 16.1. The Balaban J connectivity index is 1.87. The number of carbonyl (C=O) groups is 1. The molecule has 2 heterocycles. The second-order valence-corrected chi connectivity index (χ2v) is 12.5. The molecule has 0 spiro atoms. The zero-order chi connectivity index (χ0) is 24.7. The third kappa shape index (κ3) is 4.76. The molecular weight excluding hydrogens is 583 g/mol. The van der Waals surface area contributed by atoms with E-state index in [2.05, 4.69) is 25.6 Å². The Labute approximate surface area is 221 Å². The standard InChI is InChI=1S/C22H21BrCl2N4O3S2/c1-22(12-14-3-5-15(23)6-4-14)20(30)28(18-10-16(24)9-17(25)11-18)21-26-13-19(29(21)22)34(31,32)27-7-8-33-2/h3-6,9-11,13,27H,7-8,12H2,1-2H3/t22-/m1/s1. The molecule has 4 rings (SSSR count). The van der Waals surface area contributed by atoms with Crippen LogP contribution in [0.1, 0.15) is 12.5 Å². The van der Waals surface area contributed by atoms with Gasteiger partial charge in [-0.15, -0.1) is 0 Å². The minimum Gasteiger partial charge on any atom is -0.284 e. The molecule has 0 unspecified atom stereocenters. The summed E-state index contributed by atoms with van der Waals surface area (Å²) in [6, 6.07) is 12.3. The summed E-state index contributed by atoms with van der Waals surface area (Å²) in [5.41, 5.74) is 0.00875. The summed E-state index contributed by atoms with van der Waals surface area (Å²) in [5, 5.41) is 0.621. The Hall–Kier alpha value is -1.56. The third-order valence-corrected chi connectivity index (χ3v) is 8.51. The number of benzene rings is 2. The van der Waals surface area contributed by atoms with Crippen LogP contribution in [-0.2, 0) is 26.8 Å². The fourth-order valence-corrected chi connectivity index (χ4v) is 6.42. The fraction of sp³-hybridized carbons (Fsp3) is 0.273. The number of rotatable bonds is 8. The molecule has 0 bridgehead atoms. The number of fused-ring (bicyclic) bond motifs is 1. The van der Waals surface area contributed by atoms with Crippen LogP contribution in [0, 0.1) is 0 Å². The molecule has 2 aromatic carbocycles. The second kappa shape index (κ2) is 9.83. The van der Waals surface area contributed by atoms with E-state index in [-0.39, 0.29) is 29.8 Å². The maximum Gasteiger partial charge on any atom is 0.260 e. The molecular formula is C22H21BrCl2N4O3S2. The van der Waals surface area contributed by atoms with Gasteiger partial charge >= 0.3 is 0 Å². The Morgan fingerprint density at radius 2 is 1.79 bits per heavy atom. The van der Waals surface area contributed by atoms with Crippen molar-refractivity contribution in [3.63, 3.8) is 0 Å². The van der Waals surface area contributed by atoms with Gasteiger partial charge < -0.3 is 0 Å². The number of aromatic nitrogens is 2. The molecule has 0 saturated carbocycles. The Morgan fingerprint density at radius 1 is 1.15 bits per heavy atom. The monoisotopic (exact) mass is 602 g/mol. The minimum absolute atomic E-state index is 0.0767. The summed E-state index contributed by atoms with van der Waals surface area (Å²) < 4.78 is 31.4. The van der Waals surface area contributed by atoms with Crippen LogP contribution < -0.4 is 9.62 Å². The summed E-state index contributed by atoms with van der Waals surface area (Å²) in [6.07, 6.45) is 3.43. The number of halogens is 3. The molecule has 1 atom stereocenters. The molecule has 1 aliphatic heterocycles. The molecule has 180 valence electrons. The molecule has 0 saturated heterocycles. The van der Waals surface area contributed by atoms with Crippen molar-refractivity contribution in [1.29, 1.82) is 0 Å². The van der Waals surface area contributed by atoms with Crippen molar-refractivity contribution in [3.05, 3.63) is 68.7 Å². The molecule has 1 aliphatic rings. The summed E-state index contributed by atoms with van der Waals surface area (Å²) in [4.78, 5) is 19.7. The molecule has 12 heteroatoms. The van der Waals surface area contributed by atoms with Crippen LogP contribution in [0.5, 0.6) is 0 Å². The van der Waals surface area contributed by atoms with Crippen molar-refractivity contribution in [3.8, 4) is 0 Å². The molecule has 1 aromatic heterocycles. The van der Waals surface area contributed by atoms with Gasteiger partial charge in [-0.3, -0.25) is 9.36 Å². The highest BCUT2D eigenvalue weighted by Crippen LogP contribution is 2.44. The van der Waals surface area contributed by atoms with Gasteiger partial charge in [0.25, 0.3) is 15.9 Å². The highest BCUT2D eigenvalue weighted by Gasteiger charge is 2.51. The smallest absolute Gasteiger partial charge is 0.260 e. The van der Waals surface area contributed by atoms with E-state index in [0.717, 1.165) is 10.0 Å². The predicted molar refractivity (Wildman–Crippen MR) is 141 cm³/mol. The molecule has 34 heavy (non-hydrogen) atoms. The van der Waals surface area contributed by atoms with Crippen molar-refractivity contribution < 1.29 is 13.2 Å². The highest BCUT2D eigenvalue weighted by molar-refractivity contribution is 9.10. The number of hydrogen-bond acceptors (Lipinski definition) is 5. The van der Waals surface area contributed by atoms with Gasteiger partial charge in [0, 0.05) is 33.2 Å². The molecule has 0 radical (unpaired) electrons. The number of amides is 1. The van der Waals surface area contributed by atoms with E-state index < -0.39 is 15.6 Å². The van der Waals surface area contributed by atoms with Gasteiger partial charge in [-0.05, 0) is 49.1 Å². The van der Waals surface area contributed by atoms with E-state index in [4.69, 9.17) is 23.2 Å². The summed E-state index contributed by atoms with van der Waals surface area (Å²) >= 11 is 17.4. The van der Waals surface area contributed by atoms with Crippen LogP contribution in [0.3, 0.4) is 0 Å². The van der Waals surface area contributed by atoms with Gasteiger partial charge in [-0.1, -0.05) is 51.3 Å². The Kier molecular flexibility index (Phi) is 7.38. The molecule has 1 N–H and O–H groups in total.